The predicted molar refractivity (Wildman–Crippen MR) is 92.6 cm³/mol. The van der Waals surface area contributed by atoms with Gasteiger partial charge in [0.2, 0.25) is 0 Å². The molecule has 3 nitrogen and oxygen atoms in total. The number of aromatic nitrogens is 2. The zero-order chi connectivity index (χ0) is 16.2. The summed E-state index contributed by atoms with van der Waals surface area (Å²) in [5.41, 5.74) is 5.15. The van der Waals surface area contributed by atoms with Gasteiger partial charge in [0.05, 0.1) is 11.8 Å². The molecule has 0 radical (unpaired) electrons. The molecule has 1 heterocycles. The number of hydrogen-bond acceptors (Lipinski definition) is 2. The third kappa shape index (κ3) is 3.59. The molecule has 1 aliphatic rings. The van der Waals surface area contributed by atoms with E-state index in [9.17, 15) is 0 Å². The van der Waals surface area contributed by atoms with E-state index >= 15 is 0 Å². The Morgan fingerprint density at radius 1 is 1.35 bits per heavy atom. The summed E-state index contributed by atoms with van der Waals surface area (Å²) in [4.78, 5) is 0. The predicted octanol–water partition coefficient (Wildman–Crippen LogP) is 4.81. The van der Waals surface area contributed by atoms with Crippen LogP contribution in [0.15, 0.2) is 24.3 Å². The molecular formula is C19H22ClN3. The molecule has 120 valence electrons. The Morgan fingerprint density at radius 2 is 2.13 bits per heavy atom. The van der Waals surface area contributed by atoms with Gasteiger partial charge in [-0.2, -0.15) is 10.4 Å². The topological polar surface area (TPSA) is 41.6 Å². The highest BCUT2D eigenvalue weighted by atomic mass is 35.5. The van der Waals surface area contributed by atoms with E-state index in [-0.39, 0.29) is 0 Å². The van der Waals surface area contributed by atoms with Crippen LogP contribution in [0.4, 0.5) is 0 Å². The monoisotopic (exact) mass is 327 g/mol. The minimum Gasteiger partial charge on any atom is -0.269 e. The molecule has 0 aliphatic heterocycles. The molecule has 0 spiro atoms. The second kappa shape index (κ2) is 7.19. The summed E-state index contributed by atoms with van der Waals surface area (Å²) in [5, 5.41) is 14.6. The SMILES string of the molecule is Cc1nn(CCCc2ccc(Cl)cc2)c2c1C(CC#N)CCC2. The third-order valence-electron chi connectivity index (χ3n) is 4.74. The van der Waals surface area contributed by atoms with Gasteiger partial charge in [-0.25, -0.2) is 0 Å². The quantitative estimate of drug-likeness (QED) is 0.790. The van der Waals surface area contributed by atoms with Gasteiger partial charge in [-0.3, -0.25) is 4.68 Å². The van der Waals surface area contributed by atoms with E-state index in [1.165, 1.54) is 23.2 Å². The highest BCUT2D eigenvalue weighted by Crippen LogP contribution is 2.36. The van der Waals surface area contributed by atoms with Crippen molar-refractivity contribution in [3.63, 3.8) is 0 Å². The summed E-state index contributed by atoms with van der Waals surface area (Å²) in [7, 11) is 0. The summed E-state index contributed by atoms with van der Waals surface area (Å²) in [6, 6.07) is 10.4. The maximum absolute atomic E-state index is 9.04. The fraction of sp³-hybridized carbons (Fsp3) is 0.474. The van der Waals surface area contributed by atoms with E-state index in [1.807, 2.05) is 12.1 Å². The molecule has 4 heteroatoms. The average Bonchev–Trinajstić information content (AvgIpc) is 2.87. The van der Waals surface area contributed by atoms with Crippen molar-refractivity contribution >= 4 is 11.6 Å². The highest BCUT2D eigenvalue weighted by molar-refractivity contribution is 6.30. The largest absolute Gasteiger partial charge is 0.269 e. The van der Waals surface area contributed by atoms with Crippen LogP contribution >= 0.6 is 11.6 Å². The lowest BCUT2D eigenvalue weighted by Gasteiger charge is -2.21. The molecule has 3 rings (SSSR count). The average molecular weight is 328 g/mol. The van der Waals surface area contributed by atoms with Crippen molar-refractivity contribution in [2.75, 3.05) is 0 Å². The fourth-order valence-electron chi connectivity index (χ4n) is 3.68. The van der Waals surface area contributed by atoms with E-state index in [0.717, 1.165) is 42.9 Å². The first-order chi connectivity index (χ1) is 11.2. The number of halogens is 1. The van der Waals surface area contributed by atoms with Crippen LogP contribution in [0, 0.1) is 18.3 Å². The minimum absolute atomic E-state index is 0.383. The number of nitrogens with zero attached hydrogens (tertiary/aromatic N) is 3. The summed E-state index contributed by atoms with van der Waals surface area (Å²) >= 11 is 5.93. The van der Waals surface area contributed by atoms with E-state index in [0.29, 0.717) is 12.3 Å². The van der Waals surface area contributed by atoms with Crippen molar-refractivity contribution < 1.29 is 0 Å². The van der Waals surface area contributed by atoms with Crippen molar-refractivity contribution in [3.8, 4) is 6.07 Å². The summed E-state index contributed by atoms with van der Waals surface area (Å²) in [6.45, 7) is 3.03. The van der Waals surface area contributed by atoms with Crippen molar-refractivity contribution in [3.05, 3.63) is 51.8 Å². The number of nitriles is 1. The van der Waals surface area contributed by atoms with Crippen LogP contribution in [0.25, 0.3) is 0 Å². The maximum Gasteiger partial charge on any atom is 0.0631 e. The Bertz CT molecular complexity index is 709. The van der Waals surface area contributed by atoms with Gasteiger partial charge in [0, 0.05) is 35.2 Å². The van der Waals surface area contributed by atoms with Crippen LogP contribution < -0.4 is 0 Å². The van der Waals surface area contributed by atoms with Gasteiger partial charge in [0.25, 0.3) is 0 Å². The number of benzene rings is 1. The Morgan fingerprint density at radius 3 is 2.87 bits per heavy atom. The van der Waals surface area contributed by atoms with Gasteiger partial charge in [0.15, 0.2) is 0 Å². The second-order valence-corrected chi connectivity index (χ2v) is 6.79. The smallest absolute Gasteiger partial charge is 0.0631 e. The molecule has 0 saturated heterocycles. The third-order valence-corrected chi connectivity index (χ3v) is 5.00. The van der Waals surface area contributed by atoms with Crippen LogP contribution in [0.1, 0.15) is 54.1 Å². The number of rotatable bonds is 5. The molecular weight excluding hydrogens is 306 g/mol. The Labute approximate surface area is 142 Å². The highest BCUT2D eigenvalue weighted by Gasteiger charge is 2.26. The van der Waals surface area contributed by atoms with Crippen molar-refractivity contribution in [1.29, 1.82) is 5.26 Å². The lowest BCUT2D eigenvalue weighted by molar-refractivity contribution is 0.506. The maximum atomic E-state index is 9.04. The number of hydrogen-bond donors (Lipinski definition) is 0. The molecule has 0 N–H and O–H groups in total. The Balaban J connectivity index is 1.68. The van der Waals surface area contributed by atoms with Gasteiger partial charge < -0.3 is 0 Å². The van der Waals surface area contributed by atoms with Crippen molar-refractivity contribution in [2.24, 2.45) is 0 Å². The standard InChI is InChI=1S/C19H22ClN3/c1-14-19-16(11-12-21)5-2-6-18(19)23(22-14)13-3-4-15-7-9-17(20)10-8-15/h7-10,16H,2-6,11,13H2,1H3. The van der Waals surface area contributed by atoms with Gasteiger partial charge >= 0.3 is 0 Å². The Kier molecular flexibility index (Phi) is 5.03. The van der Waals surface area contributed by atoms with Crippen LogP contribution in [-0.4, -0.2) is 9.78 Å². The van der Waals surface area contributed by atoms with Crippen molar-refractivity contribution in [1.82, 2.24) is 9.78 Å². The number of fused-ring (bicyclic) bond motifs is 1. The first-order valence-corrected chi connectivity index (χ1v) is 8.74. The molecule has 0 fully saturated rings. The minimum atomic E-state index is 0.383. The van der Waals surface area contributed by atoms with Gasteiger partial charge in [-0.15, -0.1) is 0 Å². The normalized spacial score (nSPS) is 16.8. The molecule has 1 aromatic heterocycles. The molecule has 1 atom stereocenters. The molecule has 1 aromatic carbocycles. The van der Waals surface area contributed by atoms with Crippen molar-refractivity contribution in [2.45, 2.75) is 57.9 Å². The zero-order valence-corrected chi connectivity index (χ0v) is 14.3. The molecule has 1 unspecified atom stereocenters. The Hall–Kier alpha value is -1.79. The van der Waals surface area contributed by atoms with E-state index in [1.54, 1.807) is 0 Å². The lowest BCUT2D eigenvalue weighted by Crippen LogP contribution is -2.13. The molecule has 1 aliphatic carbocycles. The molecule has 0 saturated carbocycles. The van der Waals surface area contributed by atoms with E-state index in [4.69, 9.17) is 22.0 Å². The van der Waals surface area contributed by atoms with Crippen LogP contribution in [0.2, 0.25) is 5.02 Å². The first kappa shape index (κ1) is 16.1. The van der Waals surface area contributed by atoms with Gasteiger partial charge in [0.1, 0.15) is 0 Å². The number of aryl methyl sites for hydroxylation is 3. The summed E-state index contributed by atoms with van der Waals surface area (Å²) in [5.74, 6) is 0.383. The van der Waals surface area contributed by atoms with Crippen LogP contribution in [0.3, 0.4) is 0 Å². The van der Waals surface area contributed by atoms with E-state index in [2.05, 4.69) is 29.8 Å². The zero-order valence-electron chi connectivity index (χ0n) is 13.6. The van der Waals surface area contributed by atoms with Gasteiger partial charge in [-0.05, 0) is 56.7 Å². The van der Waals surface area contributed by atoms with Crippen LogP contribution in [0.5, 0.6) is 0 Å². The lowest BCUT2D eigenvalue weighted by atomic mass is 9.83. The molecule has 23 heavy (non-hydrogen) atoms. The fourth-order valence-corrected chi connectivity index (χ4v) is 3.81. The first-order valence-electron chi connectivity index (χ1n) is 8.36. The summed E-state index contributed by atoms with van der Waals surface area (Å²) in [6.07, 6.45) is 6.10. The van der Waals surface area contributed by atoms with Gasteiger partial charge in [-0.1, -0.05) is 23.7 Å². The van der Waals surface area contributed by atoms with Crippen LogP contribution in [-0.2, 0) is 19.4 Å². The molecule has 0 amide bonds. The molecule has 2 aromatic rings. The summed E-state index contributed by atoms with van der Waals surface area (Å²) < 4.78 is 2.18. The molecule has 0 bridgehead atoms. The second-order valence-electron chi connectivity index (χ2n) is 6.35. The van der Waals surface area contributed by atoms with E-state index < -0.39 is 0 Å².